The molecule has 3 atom stereocenters. The molecule has 194 valence electrons. The van der Waals surface area contributed by atoms with Crippen molar-refractivity contribution in [2.45, 2.75) is 66.8 Å². The molecule has 3 unspecified atom stereocenters. The number of carbonyl (C=O) groups excluding carboxylic acids is 1. The van der Waals surface area contributed by atoms with Crippen molar-refractivity contribution >= 4 is 17.7 Å². The Balaban J connectivity index is 1.55. The third kappa shape index (κ3) is 4.39. The summed E-state index contributed by atoms with van der Waals surface area (Å²) in [6.07, 6.45) is 2.23. The summed E-state index contributed by atoms with van der Waals surface area (Å²) in [6.45, 7) is 1.38. The maximum Gasteiger partial charge on any atom is 0.416 e. The van der Waals surface area contributed by atoms with Crippen LogP contribution in [0.25, 0.3) is 0 Å². The van der Waals surface area contributed by atoms with E-state index in [-0.39, 0.29) is 27.8 Å². The highest BCUT2D eigenvalue weighted by Gasteiger charge is 2.56. The lowest BCUT2D eigenvalue weighted by atomic mass is 9.67. The van der Waals surface area contributed by atoms with Crippen LogP contribution in [0.15, 0.2) is 47.4 Å². The largest absolute Gasteiger partial charge is 0.496 e. The van der Waals surface area contributed by atoms with E-state index >= 15 is 0 Å². The van der Waals surface area contributed by atoms with Gasteiger partial charge < -0.3 is 14.8 Å². The van der Waals surface area contributed by atoms with Crippen molar-refractivity contribution < 1.29 is 27.4 Å². The molecule has 1 aliphatic carbocycles. The van der Waals surface area contributed by atoms with E-state index < -0.39 is 17.6 Å². The van der Waals surface area contributed by atoms with Gasteiger partial charge >= 0.3 is 6.18 Å². The van der Waals surface area contributed by atoms with E-state index in [1.807, 2.05) is 30.3 Å². The number of ether oxygens (including phenoxy) is 2. The highest BCUT2D eigenvalue weighted by atomic mass is 32.2. The summed E-state index contributed by atoms with van der Waals surface area (Å²) in [6, 6.07) is 12.2. The van der Waals surface area contributed by atoms with Gasteiger partial charge in [0.2, 0.25) is 0 Å². The van der Waals surface area contributed by atoms with E-state index in [0.717, 1.165) is 61.6 Å². The third-order valence-electron chi connectivity index (χ3n) is 7.98. The number of nitrogens with zero attached hydrogens (tertiary/aromatic N) is 1. The van der Waals surface area contributed by atoms with Crippen LogP contribution in [0.4, 0.5) is 13.2 Å². The number of hydrogen-bond acceptors (Lipinski definition) is 5. The number of alkyl halides is 3. The molecule has 9 heteroatoms. The van der Waals surface area contributed by atoms with Crippen LogP contribution in [0, 0.1) is 0 Å². The zero-order valence-electron chi connectivity index (χ0n) is 20.4. The molecular formula is C27H31F3N2O3S. The Hall–Kier alpha value is -2.23. The van der Waals surface area contributed by atoms with Crippen molar-refractivity contribution in [2.75, 3.05) is 26.6 Å². The minimum Gasteiger partial charge on any atom is -0.496 e. The first-order chi connectivity index (χ1) is 17.3. The zero-order chi connectivity index (χ0) is 25.5. The SMILES string of the molecule is COc1cc(C(F)(F)F)cc(SC)c1C(=O)NC(c1ccccc1)C1(N2C3CCC2COC3)CCC1. The van der Waals surface area contributed by atoms with Gasteiger partial charge in [-0.15, -0.1) is 11.8 Å². The van der Waals surface area contributed by atoms with Gasteiger partial charge in [-0.1, -0.05) is 30.3 Å². The molecule has 2 aromatic carbocycles. The summed E-state index contributed by atoms with van der Waals surface area (Å²) < 4.78 is 51.7. The Kier molecular flexibility index (Phi) is 7.00. The number of carbonyl (C=O) groups is 1. The predicted molar refractivity (Wildman–Crippen MR) is 132 cm³/mol. The first-order valence-corrected chi connectivity index (χ1v) is 13.6. The fraction of sp³-hybridized carbons (Fsp3) is 0.519. The molecule has 0 spiro atoms. The van der Waals surface area contributed by atoms with Gasteiger partial charge in [-0.25, -0.2) is 0 Å². The molecule has 2 heterocycles. The second-order valence-corrected chi connectivity index (χ2v) is 10.7. The molecule has 1 amide bonds. The molecule has 3 fully saturated rings. The van der Waals surface area contributed by atoms with Crippen molar-refractivity contribution in [2.24, 2.45) is 0 Å². The highest BCUT2D eigenvalue weighted by molar-refractivity contribution is 7.98. The van der Waals surface area contributed by atoms with Gasteiger partial charge in [0.05, 0.1) is 37.5 Å². The average molecular weight is 521 g/mol. The lowest BCUT2D eigenvalue weighted by Gasteiger charge is -2.58. The minimum absolute atomic E-state index is 0.0763. The van der Waals surface area contributed by atoms with Gasteiger partial charge in [0.1, 0.15) is 5.75 Å². The van der Waals surface area contributed by atoms with Crippen LogP contribution in [-0.4, -0.2) is 55.0 Å². The van der Waals surface area contributed by atoms with Crippen LogP contribution in [0.1, 0.15) is 59.6 Å². The molecule has 0 radical (unpaired) electrons. The number of amides is 1. The van der Waals surface area contributed by atoms with Crippen LogP contribution < -0.4 is 10.1 Å². The predicted octanol–water partition coefficient (Wildman–Crippen LogP) is 5.69. The maximum absolute atomic E-state index is 13.9. The molecule has 1 N–H and O–H groups in total. The lowest BCUT2D eigenvalue weighted by Crippen LogP contribution is -2.67. The lowest BCUT2D eigenvalue weighted by molar-refractivity contribution is -0.137. The number of hydrogen-bond donors (Lipinski definition) is 1. The molecule has 5 rings (SSSR count). The van der Waals surface area contributed by atoms with Gasteiger partial charge in [-0.2, -0.15) is 13.2 Å². The summed E-state index contributed by atoms with van der Waals surface area (Å²) in [5.74, 6) is -0.502. The molecule has 2 aliphatic heterocycles. The molecule has 36 heavy (non-hydrogen) atoms. The maximum atomic E-state index is 13.9. The fourth-order valence-electron chi connectivity index (χ4n) is 6.27. The molecule has 0 aromatic heterocycles. The van der Waals surface area contributed by atoms with E-state index in [4.69, 9.17) is 9.47 Å². The van der Waals surface area contributed by atoms with Gasteiger partial charge in [-0.05, 0) is 56.1 Å². The molecule has 3 aliphatic rings. The molecule has 2 saturated heterocycles. The zero-order valence-corrected chi connectivity index (χ0v) is 21.3. The number of rotatable bonds is 7. The van der Waals surface area contributed by atoms with Crippen molar-refractivity contribution in [1.29, 1.82) is 0 Å². The second-order valence-electron chi connectivity index (χ2n) is 9.86. The van der Waals surface area contributed by atoms with Crippen LogP contribution in [0.2, 0.25) is 0 Å². The monoisotopic (exact) mass is 520 g/mol. The summed E-state index contributed by atoms with van der Waals surface area (Å²) in [5, 5.41) is 3.27. The first kappa shape index (κ1) is 25.4. The number of fused-ring (bicyclic) bond motifs is 2. The Morgan fingerprint density at radius 1 is 1.17 bits per heavy atom. The number of methoxy groups -OCH3 is 1. The average Bonchev–Trinajstić information content (AvgIpc) is 3.09. The van der Waals surface area contributed by atoms with Gasteiger partial charge in [-0.3, -0.25) is 9.69 Å². The van der Waals surface area contributed by atoms with E-state index in [0.29, 0.717) is 25.3 Å². The molecule has 2 bridgehead atoms. The van der Waals surface area contributed by atoms with Crippen LogP contribution in [0.5, 0.6) is 5.75 Å². The Bertz CT molecular complexity index is 1070. The minimum atomic E-state index is -4.54. The van der Waals surface area contributed by atoms with E-state index in [2.05, 4.69) is 10.2 Å². The fourth-order valence-corrected chi connectivity index (χ4v) is 6.91. The topological polar surface area (TPSA) is 50.8 Å². The van der Waals surface area contributed by atoms with Crippen molar-refractivity contribution in [3.8, 4) is 5.75 Å². The summed E-state index contributed by atoms with van der Waals surface area (Å²) >= 11 is 1.10. The number of halogens is 3. The third-order valence-corrected chi connectivity index (χ3v) is 8.74. The van der Waals surface area contributed by atoms with Crippen LogP contribution in [0.3, 0.4) is 0 Å². The molecule has 2 aromatic rings. The number of thioether (sulfide) groups is 1. The molecule has 1 saturated carbocycles. The van der Waals surface area contributed by atoms with Gasteiger partial charge in [0, 0.05) is 22.5 Å². The smallest absolute Gasteiger partial charge is 0.416 e. The normalized spacial score (nSPS) is 24.1. The van der Waals surface area contributed by atoms with Crippen molar-refractivity contribution in [1.82, 2.24) is 10.2 Å². The van der Waals surface area contributed by atoms with Crippen molar-refractivity contribution in [3.63, 3.8) is 0 Å². The first-order valence-electron chi connectivity index (χ1n) is 12.3. The second kappa shape index (κ2) is 9.91. The number of benzene rings is 2. The number of morpholine rings is 1. The highest BCUT2D eigenvalue weighted by Crippen LogP contribution is 2.52. The number of nitrogens with one attached hydrogen (secondary N) is 1. The van der Waals surface area contributed by atoms with Crippen LogP contribution >= 0.6 is 11.8 Å². The summed E-state index contributed by atoms with van der Waals surface area (Å²) in [7, 11) is 1.30. The summed E-state index contributed by atoms with van der Waals surface area (Å²) in [4.78, 5) is 16.7. The van der Waals surface area contributed by atoms with Gasteiger partial charge in [0.15, 0.2) is 0 Å². The Labute approximate surface area is 213 Å². The summed E-state index contributed by atoms with van der Waals surface area (Å²) in [5.41, 5.74) is 0.0391. The molecular weight excluding hydrogens is 489 g/mol. The van der Waals surface area contributed by atoms with Crippen molar-refractivity contribution in [3.05, 3.63) is 59.2 Å². The van der Waals surface area contributed by atoms with Crippen LogP contribution in [-0.2, 0) is 10.9 Å². The van der Waals surface area contributed by atoms with Gasteiger partial charge in [0.25, 0.3) is 5.91 Å². The standard InChI is InChI=1S/C27H31F3N2O3S/c1-34-21-13-18(27(28,29)30)14-22(36-2)23(21)25(33)31-24(17-7-4-3-5-8-17)26(11-6-12-26)32-19-9-10-20(32)16-35-15-19/h3-5,7-8,13-14,19-20,24H,6,9-12,15-16H2,1-2H3,(H,31,33). The van der Waals surface area contributed by atoms with E-state index in [9.17, 15) is 18.0 Å². The Morgan fingerprint density at radius 3 is 2.36 bits per heavy atom. The Morgan fingerprint density at radius 2 is 1.83 bits per heavy atom. The van der Waals surface area contributed by atoms with E-state index in [1.54, 1.807) is 6.26 Å². The quantitative estimate of drug-likeness (QED) is 0.475. The van der Waals surface area contributed by atoms with E-state index in [1.165, 1.54) is 7.11 Å². The molecule has 5 nitrogen and oxygen atoms in total.